The van der Waals surface area contributed by atoms with Gasteiger partial charge in [0.2, 0.25) is 0 Å². The summed E-state index contributed by atoms with van der Waals surface area (Å²) in [6.45, 7) is 0. The molecule has 4 aromatic rings. The van der Waals surface area contributed by atoms with E-state index >= 15 is 0 Å². The lowest BCUT2D eigenvalue weighted by Gasteiger charge is -2.06. The highest BCUT2D eigenvalue weighted by molar-refractivity contribution is 5.94. The first-order chi connectivity index (χ1) is 10.2. The Kier molecular flexibility index (Phi) is 2.23. The first kappa shape index (κ1) is 11.8. The number of nitrogens with one attached hydrogen (secondary N) is 2. The predicted molar refractivity (Wildman–Crippen MR) is 76.1 cm³/mol. The summed E-state index contributed by atoms with van der Waals surface area (Å²) < 4.78 is 12.0. The summed E-state index contributed by atoms with van der Waals surface area (Å²) in [5.74, 6) is 1.10. The van der Waals surface area contributed by atoms with Crippen LogP contribution in [-0.4, -0.2) is 38.8 Å². The fraction of sp³-hybridized carbons (Fsp3) is 0.154. The van der Waals surface area contributed by atoms with Crippen LogP contribution in [0.5, 0.6) is 11.5 Å². The molecule has 106 valence electrons. The van der Waals surface area contributed by atoms with Gasteiger partial charge in [0.05, 0.1) is 37.0 Å². The molecule has 8 heteroatoms. The largest absolute Gasteiger partial charge is 0.493 e. The van der Waals surface area contributed by atoms with Crippen LogP contribution in [0.4, 0.5) is 0 Å². The molecule has 0 bridgehead atoms. The number of methoxy groups -OCH3 is 2. The van der Waals surface area contributed by atoms with Gasteiger partial charge in [0.1, 0.15) is 5.52 Å². The number of hydrogen-bond donors (Lipinski definition) is 2. The normalized spacial score (nSPS) is 11.5. The Morgan fingerprint density at radius 1 is 1.19 bits per heavy atom. The first-order valence-electron chi connectivity index (χ1n) is 6.22. The van der Waals surface area contributed by atoms with Crippen molar-refractivity contribution in [1.82, 2.24) is 24.6 Å². The van der Waals surface area contributed by atoms with Crippen LogP contribution >= 0.6 is 0 Å². The van der Waals surface area contributed by atoms with Gasteiger partial charge in [-0.15, -0.1) is 0 Å². The summed E-state index contributed by atoms with van der Waals surface area (Å²) in [6, 6.07) is 3.47. The number of hydrogen-bond acceptors (Lipinski definition) is 5. The molecule has 0 fully saturated rings. The SMILES string of the molecule is COc1cc2nc3c4[nH]ncc4[nH]c(=O)n3c2cc1OC. The van der Waals surface area contributed by atoms with Gasteiger partial charge in [-0.2, -0.15) is 5.10 Å². The van der Waals surface area contributed by atoms with Crippen LogP contribution < -0.4 is 15.2 Å². The number of benzene rings is 1. The summed E-state index contributed by atoms with van der Waals surface area (Å²) in [6.07, 6.45) is 1.55. The standard InChI is InChI=1S/C13H11N5O3/c1-20-9-3-6-8(4-10(9)21-2)18-12(15-6)11-7(5-14-17-11)16-13(18)19/h3-5H,1-2H3,(H,14,17)(H,16,19). The van der Waals surface area contributed by atoms with E-state index in [1.165, 1.54) is 4.40 Å². The van der Waals surface area contributed by atoms with Crippen LogP contribution in [0.3, 0.4) is 0 Å². The highest BCUT2D eigenvalue weighted by atomic mass is 16.5. The quantitative estimate of drug-likeness (QED) is 0.574. The van der Waals surface area contributed by atoms with Crippen molar-refractivity contribution in [2.24, 2.45) is 0 Å². The molecule has 4 rings (SSSR count). The number of aromatic amines is 2. The molecule has 0 unspecified atom stereocenters. The molecule has 0 aliphatic rings. The van der Waals surface area contributed by atoms with Crippen molar-refractivity contribution in [2.75, 3.05) is 14.2 Å². The Morgan fingerprint density at radius 2 is 1.95 bits per heavy atom. The monoisotopic (exact) mass is 285 g/mol. The minimum Gasteiger partial charge on any atom is -0.493 e. The van der Waals surface area contributed by atoms with E-state index in [-0.39, 0.29) is 5.69 Å². The number of ether oxygens (including phenoxy) is 2. The fourth-order valence-corrected chi connectivity index (χ4v) is 2.50. The summed E-state index contributed by atoms with van der Waals surface area (Å²) in [4.78, 5) is 19.5. The van der Waals surface area contributed by atoms with Crippen molar-refractivity contribution in [3.8, 4) is 11.5 Å². The highest BCUT2D eigenvalue weighted by Gasteiger charge is 2.15. The van der Waals surface area contributed by atoms with Gasteiger partial charge in [0.15, 0.2) is 17.1 Å². The van der Waals surface area contributed by atoms with Crippen LogP contribution in [0.15, 0.2) is 23.1 Å². The van der Waals surface area contributed by atoms with Gasteiger partial charge in [-0.3, -0.25) is 5.10 Å². The molecule has 0 spiro atoms. The Labute approximate surface area is 117 Å². The van der Waals surface area contributed by atoms with Gasteiger partial charge in [-0.1, -0.05) is 0 Å². The van der Waals surface area contributed by atoms with E-state index in [1.807, 2.05) is 0 Å². The van der Waals surface area contributed by atoms with Crippen LogP contribution in [0.1, 0.15) is 0 Å². The average molecular weight is 285 g/mol. The van der Waals surface area contributed by atoms with Crippen molar-refractivity contribution in [1.29, 1.82) is 0 Å². The maximum atomic E-state index is 12.3. The Bertz CT molecular complexity index is 1040. The molecule has 3 heterocycles. The van der Waals surface area contributed by atoms with E-state index in [1.54, 1.807) is 32.5 Å². The lowest BCUT2D eigenvalue weighted by molar-refractivity contribution is 0.355. The average Bonchev–Trinajstić information content (AvgIpc) is 3.08. The van der Waals surface area contributed by atoms with Crippen molar-refractivity contribution in [3.05, 3.63) is 28.8 Å². The minimum atomic E-state index is -0.284. The third-order valence-electron chi connectivity index (χ3n) is 3.47. The molecule has 0 amide bonds. The molecular formula is C13H11N5O3. The van der Waals surface area contributed by atoms with E-state index in [9.17, 15) is 4.79 Å². The molecule has 1 aromatic carbocycles. The number of fused-ring (bicyclic) bond motifs is 5. The number of imidazole rings is 1. The summed E-state index contributed by atoms with van der Waals surface area (Å²) in [5, 5.41) is 6.77. The maximum absolute atomic E-state index is 12.3. The molecule has 0 atom stereocenters. The van der Waals surface area contributed by atoms with Gasteiger partial charge >= 0.3 is 5.69 Å². The predicted octanol–water partition coefficient (Wildman–Crippen LogP) is 1.07. The molecule has 0 aliphatic carbocycles. The van der Waals surface area contributed by atoms with Crippen LogP contribution in [0.25, 0.3) is 27.7 Å². The molecule has 3 aromatic heterocycles. The number of rotatable bonds is 2. The van der Waals surface area contributed by atoms with E-state index < -0.39 is 0 Å². The van der Waals surface area contributed by atoms with Gasteiger partial charge < -0.3 is 14.5 Å². The molecule has 2 N–H and O–H groups in total. The van der Waals surface area contributed by atoms with Crippen molar-refractivity contribution < 1.29 is 9.47 Å². The third-order valence-corrected chi connectivity index (χ3v) is 3.47. The van der Waals surface area contributed by atoms with E-state index in [2.05, 4.69) is 20.2 Å². The van der Waals surface area contributed by atoms with E-state index in [4.69, 9.17) is 9.47 Å². The molecule has 0 aliphatic heterocycles. The number of nitrogens with zero attached hydrogens (tertiary/aromatic N) is 3. The van der Waals surface area contributed by atoms with Gasteiger partial charge in [0, 0.05) is 12.1 Å². The summed E-state index contributed by atoms with van der Waals surface area (Å²) in [5.41, 5.74) is 2.79. The second-order valence-electron chi connectivity index (χ2n) is 4.56. The van der Waals surface area contributed by atoms with Crippen molar-refractivity contribution in [2.45, 2.75) is 0 Å². The zero-order valence-corrected chi connectivity index (χ0v) is 11.3. The lowest BCUT2D eigenvalue weighted by Crippen LogP contribution is -2.15. The number of aromatic nitrogens is 5. The van der Waals surface area contributed by atoms with Crippen LogP contribution in [0.2, 0.25) is 0 Å². The van der Waals surface area contributed by atoms with Gasteiger partial charge in [0.25, 0.3) is 0 Å². The molecule has 0 saturated carbocycles. The first-order valence-corrected chi connectivity index (χ1v) is 6.22. The van der Waals surface area contributed by atoms with Crippen LogP contribution in [-0.2, 0) is 0 Å². The summed E-state index contributed by atoms with van der Waals surface area (Å²) in [7, 11) is 3.10. The Morgan fingerprint density at radius 3 is 2.71 bits per heavy atom. The molecular weight excluding hydrogens is 274 g/mol. The zero-order chi connectivity index (χ0) is 14.6. The molecule has 0 saturated heterocycles. The maximum Gasteiger partial charge on any atom is 0.332 e. The van der Waals surface area contributed by atoms with Crippen molar-refractivity contribution >= 4 is 27.7 Å². The highest BCUT2D eigenvalue weighted by Crippen LogP contribution is 2.32. The molecule has 8 nitrogen and oxygen atoms in total. The fourth-order valence-electron chi connectivity index (χ4n) is 2.50. The third kappa shape index (κ3) is 1.46. The minimum absolute atomic E-state index is 0.284. The van der Waals surface area contributed by atoms with E-state index in [0.717, 1.165) is 0 Å². The summed E-state index contributed by atoms with van der Waals surface area (Å²) >= 11 is 0. The Hall–Kier alpha value is -3.03. The topological polar surface area (TPSA) is 97.3 Å². The van der Waals surface area contributed by atoms with Crippen LogP contribution in [0, 0.1) is 0 Å². The van der Waals surface area contributed by atoms with Gasteiger partial charge in [-0.25, -0.2) is 14.2 Å². The zero-order valence-electron chi connectivity index (χ0n) is 11.3. The lowest BCUT2D eigenvalue weighted by atomic mass is 10.2. The molecule has 21 heavy (non-hydrogen) atoms. The second-order valence-corrected chi connectivity index (χ2v) is 4.56. The molecule has 0 radical (unpaired) electrons. The van der Waals surface area contributed by atoms with Gasteiger partial charge in [-0.05, 0) is 0 Å². The second kappa shape index (κ2) is 3.98. The Balaban J connectivity index is 2.25. The van der Waals surface area contributed by atoms with E-state index in [0.29, 0.717) is 39.2 Å². The smallest absolute Gasteiger partial charge is 0.332 e. The van der Waals surface area contributed by atoms with Crippen molar-refractivity contribution in [3.63, 3.8) is 0 Å². The number of H-pyrrole nitrogens is 2.